The van der Waals surface area contributed by atoms with E-state index in [0.29, 0.717) is 11.9 Å². The van der Waals surface area contributed by atoms with Gasteiger partial charge in [-0.2, -0.15) is 0 Å². The topological polar surface area (TPSA) is 20.3 Å². The molecule has 1 fully saturated rings. The average Bonchev–Trinajstić information content (AvgIpc) is 2.28. The third-order valence-corrected chi connectivity index (χ3v) is 4.02. The van der Waals surface area contributed by atoms with E-state index in [2.05, 4.69) is 20.8 Å². The Kier molecular flexibility index (Phi) is 5.30. The Labute approximate surface area is 100 Å². The molecule has 1 saturated carbocycles. The van der Waals surface area contributed by atoms with Crippen molar-refractivity contribution < 1.29 is 4.79 Å². The Bertz CT molecular complexity index is 219. The fourth-order valence-electron chi connectivity index (χ4n) is 2.71. The molecule has 0 aliphatic heterocycles. The molecule has 0 aromatic carbocycles. The lowest BCUT2D eigenvalue weighted by Gasteiger charge is -2.35. The molecule has 16 heavy (non-hydrogen) atoms. The lowest BCUT2D eigenvalue weighted by atomic mass is 9.86. The number of carbonyl (C=O) groups is 1. The third-order valence-electron chi connectivity index (χ3n) is 4.02. The summed E-state index contributed by atoms with van der Waals surface area (Å²) in [5.74, 6) is 1.41. The van der Waals surface area contributed by atoms with Crippen LogP contribution in [0.4, 0.5) is 0 Å². The minimum absolute atomic E-state index is 0.203. The monoisotopic (exact) mass is 225 g/mol. The maximum absolute atomic E-state index is 12.1. The van der Waals surface area contributed by atoms with Crippen molar-refractivity contribution in [3.63, 3.8) is 0 Å². The van der Waals surface area contributed by atoms with Crippen molar-refractivity contribution in [3.8, 4) is 0 Å². The maximum Gasteiger partial charge on any atom is 0.225 e. The molecule has 94 valence electrons. The van der Waals surface area contributed by atoms with Gasteiger partial charge in [0.05, 0.1) is 0 Å². The quantitative estimate of drug-likeness (QED) is 0.717. The molecule has 0 spiro atoms. The second-order valence-corrected chi connectivity index (χ2v) is 5.55. The zero-order chi connectivity index (χ0) is 12.1. The van der Waals surface area contributed by atoms with Gasteiger partial charge in [-0.05, 0) is 38.0 Å². The van der Waals surface area contributed by atoms with Gasteiger partial charge >= 0.3 is 0 Å². The normalized spacial score (nSPS) is 27.5. The highest BCUT2D eigenvalue weighted by Gasteiger charge is 2.26. The van der Waals surface area contributed by atoms with Crippen LogP contribution in [0.3, 0.4) is 0 Å². The predicted octanol–water partition coefficient (Wildman–Crippen LogP) is 3.46. The zero-order valence-electron chi connectivity index (χ0n) is 11.3. The standard InChI is InChI=1S/C14H27NO/c1-5-6-12(3)14(16)15(4)13-9-7-11(2)8-10-13/h11-13H,5-10H2,1-4H3. The molecule has 2 heteroatoms. The smallest absolute Gasteiger partial charge is 0.225 e. The van der Waals surface area contributed by atoms with E-state index >= 15 is 0 Å². The predicted molar refractivity (Wildman–Crippen MR) is 68.3 cm³/mol. The molecule has 1 unspecified atom stereocenters. The molecule has 2 nitrogen and oxygen atoms in total. The second kappa shape index (κ2) is 6.27. The number of hydrogen-bond acceptors (Lipinski definition) is 1. The SMILES string of the molecule is CCCC(C)C(=O)N(C)C1CCC(C)CC1. The number of nitrogens with zero attached hydrogens (tertiary/aromatic N) is 1. The van der Waals surface area contributed by atoms with Crippen molar-refractivity contribution in [1.82, 2.24) is 4.90 Å². The van der Waals surface area contributed by atoms with Gasteiger partial charge in [-0.3, -0.25) is 4.79 Å². The second-order valence-electron chi connectivity index (χ2n) is 5.55. The third kappa shape index (κ3) is 3.50. The van der Waals surface area contributed by atoms with Crippen molar-refractivity contribution in [2.24, 2.45) is 11.8 Å². The van der Waals surface area contributed by atoms with E-state index in [1.807, 2.05) is 11.9 Å². The Morgan fingerprint density at radius 3 is 2.38 bits per heavy atom. The molecule has 0 aromatic heterocycles. The van der Waals surface area contributed by atoms with Crippen LogP contribution in [-0.4, -0.2) is 23.9 Å². The van der Waals surface area contributed by atoms with Crippen LogP contribution < -0.4 is 0 Å². The van der Waals surface area contributed by atoms with Crippen LogP contribution in [0.2, 0.25) is 0 Å². The minimum Gasteiger partial charge on any atom is -0.343 e. The fourth-order valence-corrected chi connectivity index (χ4v) is 2.71. The number of rotatable bonds is 4. The van der Waals surface area contributed by atoms with Crippen LogP contribution in [0.15, 0.2) is 0 Å². The summed E-state index contributed by atoms with van der Waals surface area (Å²) in [5.41, 5.74) is 0. The molecule has 0 N–H and O–H groups in total. The molecule has 0 radical (unpaired) electrons. The fraction of sp³-hybridized carbons (Fsp3) is 0.929. The highest BCUT2D eigenvalue weighted by Crippen LogP contribution is 2.27. The van der Waals surface area contributed by atoms with Gasteiger partial charge < -0.3 is 4.90 Å². The van der Waals surface area contributed by atoms with Gasteiger partial charge in [-0.1, -0.05) is 27.2 Å². The van der Waals surface area contributed by atoms with Crippen molar-refractivity contribution in [2.45, 2.75) is 65.3 Å². The van der Waals surface area contributed by atoms with E-state index in [4.69, 9.17) is 0 Å². The van der Waals surface area contributed by atoms with Crippen LogP contribution in [0.25, 0.3) is 0 Å². The summed E-state index contributed by atoms with van der Waals surface area (Å²) in [6, 6.07) is 0.503. The molecule has 1 amide bonds. The molecule has 0 bridgehead atoms. The first-order valence-electron chi connectivity index (χ1n) is 6.82. The number of carbonyl (C=O) groups excluding carboxylic acids is 1. The van der Waals surface area contributed by atoms with Crippen LogP contribution >= 0.6 is 0 Å². The summed E-state index contributed by atoms with van der Waals surface area (Å²) in [5, 5.41) is 0. The molecular weight excluding hydrogens is 198 g/mol. The van der Waals surface area contributed by atoms with E-state index in [0.717, 1.165) is 18.8 Å². The van der Waals surface area contributed by atoms with Crippen molar-refractivity contribution in [1.29, 1.82) is 0 Å². The lowest BCUT2D eigenvalue weighted by molar-refractivity contribution is -0.136. The molecule has 1 aliphatic carbocycles. The maximum atomic E-state index is 12.1. The summed E-state index contributed by atoms with van der Waals surface area (Å²) >= 11 is 0. The van der Waals surface area contributed by atoms with E-state index in [1.54, 1.807) is 0 Å². The zero-order valence-corrected chi connectivity index (χ0v) is 11.3. The molecule has 0 aromatic rings. The summed E-state index contributed by atoms with van der Waals surface area (Å²) in [6.45, 7) is 6.53. The van der Waals surface area contributed by atoms with Crippen LogP contribution in [0, 0.1) is 11.8 Å². The lowest BCUT2D eigenvalue weighted by Crippen LogP contribution is -2.41. The average molecular weight is 225 g/mol. The number of amides is 1. The number of hydrogen-bond donors (Lipinski definition) is 0. The Morgan fingerprint density at radius 1 is 1.31 bits per heavy atom. The van der Waals surface area contributed by atoms with Crippen LogP contribution in [-0.2, 0) is 4.79 Å². The van der Waals surface area contributed by atoms with E-state index in [1.165, 1.54) is 25.7 Å². The van der Waals surface area contributed by atoms with Gasteiger partial charge in [0.1, 0.15) is 0 Å². The first kappa shape index (κ1) is 13.5. The Hall–Kier alpha value is -0.530. The molecule has 0 saturated heterocycles. The summed E-state index contributed by atoms with van der Waals surface area (Å²) in [4.78, 5) is 14.2. The van der Waals surface area contributed by atoms with E-state index in [-0.39, 0.29) is 5.92 Å². The summed E-state index contributed by atoms with van der Waals surface area (Å²) < 4.78 is 0. The minimum atomic E-state index is 0.203. The Balaban J connectivity index is 2.44. The van der Waals surface area contributed by atoms with Gasteiger partial charge in [0.25, 0.3) is 0 Å². The van der Waals surface area contributed by atoms with Gasteiger partial charge in [0.15, 0.2) is 0 Å². The molecule has 1 aliphatic rings. The summed E-state index contributed by atoms with van der Waals surface area (Å²) in [6.07, 6.45) is 7.08. The first-order valence-corrected chi connectivity index (χ1v) is 6.82. The van der Waals surface area contributed by atoms with Crippen LogP contribution in [0.5, 0.6) is 0 Å². The molecule has 0 heterocycles. The highest BCUT2D eigenvalue weighted by molar-refractivity contribution is 5.78. The van der Waals surface area contributed by atoms with Gasteiger partial charge in [-0.25, -0.2) is 0 Å². The van der Waals surface area contributed by atoms with Crippen molar-refractivity contribution in [3.05, 3.63) is 0 Å². The Morgan fingerprint density at radius 2 is 1.88 bits per heavy atom. The highest BCUT2D eigenvalue weighted by atomic mass is 16.2. The van der Waals surface area contributed by atoms with Gasteiger partial charge in [0.2, 0.25) is 5.91 Å². The van der Waals surface area contributed by atoms with Crippen molar-refractivity contribution in [2.75, 3.05) is 7.05 Å². The van der Waals surface area contributed by atoms with Gasteiger partial charge in [-0.15, -0.1) is 0 Å². The first-order chi connectivity index (χ1) is 7.56. The van der Waals surface area contributed by atoms with Crippen LogP contribution in [0.1, 0.15) is 59.3 Å². The van der Waals surface area contributed by atoms with E-state index < -0.39 is 0 Å². The van der Waals surface area contributed by atoms with Crippen molar-refractivity contribution >= 4 is 5.91 Å². The molecule has 1 rings (SSSR count). The summed E-state index contributed by atoms with van der Waals surface area (Å²) in [7, 11) is 2.00. The largest absolute Gasteiger partial charge is 0.343 e. The van der Waals surface area contributed by atoms with E-state index in [9.17, 15) is 4.79 Å². The molecule has 1 atom stereocenters. The van der Waals surface area contributed by atoms with Gasteiger partial charge in [0, 0.05) is 19.0 Å². The molecular formula is C14H27NO.